The molecule has 6 rings (SSSR count). The molecule has 3 heterocycles. The van der Waals surface area contributed by atoms with Crippen LogP contribution in [0.2, 0.25) is 0 Å². The first kappa shape index (κ1) is 27.4. The van der Waals surface area contributed by atoms with Gasteiger partial charge in [0.05, 0.1) is 19.3 Å². The minimum atomic E-state index is -0.606. The summed E-state index contributed by atoms with van der Waals surface area (Å²) in [5.41, 5.74) is 1.21. The number of halogens is 1. The number of piperidine rings is 1. The summed E-state index contributed by atoms with van der Waals surface area (Å²) in [5, 5.41) is 12.2. The number of nitrogens with zero attached hydrogens (tertiary/aromatic N) is 2. The highest BCUT2D eigenvalue weighted by Gasteiger charge is 2.35. The molecular formula is C30H33ClN2O6. The molecule has 39 heavy (non-hydrogen) atoms. The van der Waals surface area contributed by atoms with Crippen LogP contribution in [-0.2, 0) is 4.74 Å². The molecule has 0 saturated carbocycles. The topological polar surface area (TPSA) is 88.5 Å². The Balaban J connectivity index is 0.00000308. The summed E-state index contributed by atoms with van der Waals surface area (Å²) in [6, 6.07) is 18.8. The Morgan fingerprint density at radius 2 is 1.59 bits per heavy atom. The lowest BCUT2D eigenvalue weighted by Gasteiger charge is -2.36. The highest BCUT2D eigenvalue weighted by atomic mass is 35.5. The second kappa shape index (κ2) is 11.9. The number of aliphatic hydroxyl groups excluding tert-OH is 1. The molecule has 9 heteroatoms. The van der Waals surface area contributed by atoms with Crippen molar-refractivity contribution in [2.75, 3.05) is 46.0 Å². The first-order valence-electron chi connectivity index (χ1n) is 13.3. The lowest BCUT2D eigenvalue weighted by Crippen LogP contribution is -2.46. The van der Waals surface area contributed by atoms with Crippen molar-refractivity contribution in [3.63, 3.8) is 0 Å². The average molecular weight is 553 g/mol. The molecule has 3 aromatic carbocycles. The third kappa shape index (κ3) is 5.75. The van der Waals surface area contributed by atoms with Gasteiger partial charge in [0.2, 0.25) is 0 Å². The van der Waals surface area contributed by atoms with E-state index in [2.05, 4.69) is 4.90 Å². The maximum atomic E-state index is 13.2. The van der Waals surface area contributed by atoms with Crippen LogP contribution in [0.15, 0.2) is 60.7 Å². The zero-order valence-electron chi connectivity index (χ0n) is 21.7. The Bertz CT molecular complexity index is 1290. The Hall–Kier alpha value is -3.17. The van der Waals surface area contributed by atoms with Crippen LogP contribution in [-0.4, -0.2) is 84.9 Å². The number of imide groups is 1. The predicted octanol–water partition coefficient (Wildman–Crippen LogP) is 3.79. The van der Waals surface area contributed by atoms with Crippen molar-refractivity contribution in [2.24, 2.45) is 5.92 Å². The molecular weight excluding hydrogens is 520 g/mol. The average Bonchev–Trinajstić information content (AvgIpc) is 2.95. The summed E-state index contributed by atoms with van der Waals surface area (Å²) in [4.78, 5) is 30.1. The van der Waals surface area contributed by atoms with Gasteiger partial charge in [-0.1, -0.05) is 36.4 Å². The van der Waals surface area contributed by atoms with Gasteiger partial charge in [-0.2, -0.15) is 0 Å². The normalized spacial score (nSPS) is 20.1. The van der Waals surface area contributed by atoms with Gasteiger partial charge in [-0.3, -0.25) is 14.5 Å². The van der Waals surface area contributed by atoms with Crippen LogP contribution in [0.5, 0.6) is 11.5 Å². The number of β-amino-alcohol motifs (C(OH)–C–C–N with tert-alkyl or cyclic N) is 1. The van der Waals surface area contributed by atoms with Gasteiger partial charge in [-0.25, -0.2) is 0 Å². The molecule has 2 atom stereocenters. The number of carbonyl (C=O) groups is 2. The quantitative estimate of drug-likeness (QED) is 0.425. The van der Waals surface area contributed by atoms with Crippen LogP contribution < -0.4 is 9.47 Å². The number of amides is 2. The van der Waals surface area contributed by atoms with E-state index < -0.39 is 6.10 Å². The van der Waals surface area contributed by atoms with Crippen molar-refractivity contribution >= 4 is 35.0 Å². The van der Waals surface area contributed by atoms with Gasteiger partial charge in [0.25, 0.3) is 11.8 Å². The molecule has 2 amide bonds. The minimum Gasteiger partial charge on any atom is -0.486 e. The van der Waals surface area contributed by atoms with Gasteiger partial charge < -0.3 is 24.2 Å². The summed E-state index contributed by atoms with van der Waals surface area (Å²) in [7, 11) is 0. The third-order valence-electron chi connectivity index (χ3n) is 7.65. The number of para-hydroxylation sites is 2. The van der Waals surface area contributed by atoms with Crippen molar-refractivity contribution in [1.82, 2.24) is 9.80 Å². The highest BCUT2D eigenvalue weighted by Crippen LogP contribution is 2.32. The van der Waals surface area contributed by atoms with Crippen molar-refractivity contribution in [3.05, 3.63) is 71.8 Å². The molecule has 0 aromatic heterocycles. The molecule has 1 saturated heterocycles. The summed E-state index contributed by atoms with van der Waals surface area (Å²) in [6.45, 7) is 3.55. The number of rotatable bonds is 8. The maximum Gasteiger partial charge on any atom is 0.261 e. The SMILES string of the molecule is Cl.O=C1c2cccc3cccc(c23)C(=O)N1CC1CCN(CC(O)COCC2COc3ccccc3O2)CC1. The number of carbonyl (C=O) groups excluding carboxylic acids is 2. The van der Waals surface area contributed by atoms with Crippen molar-refractivity contribution < 1.29 is 28.9 Å². The predicted molar refractivity (Wildman–Crippen MR) is 149 cm³/mol. The molecule has 1 N–H and O–H groups in total. The van der Waals surface area contributed by atoms with Gasteiger partial charge in [0.15, 0.2) is 17.6 Å². The van der Waals surface area contributed by atoms with E-state index in [-0.39, 0.29) is 42.9 Å². The number of ether oxygens (including phenoxy) is 3. The maximum absolute atomic E-state index is 13.2. The van der Waals surface area contributed by atoms with Crippen LogP contribution in [0.4, 0.5) is 0 Å². The molecule has 2 unspecified atom stereocenters. The Morgan fingerprint density at radius 1 is 0.923 bits per heavy atom. The van der Waals surface area contributed by atoms with Gasteiger partial charge in [0.1, 0.15) is 6.61 Å². The fraction of sp³-hybridized carbons (Fsp3) is 0.400. The van der Waals surface area contributed by atoms with Gasteiger partial charge in [0, 0.05) is 29.6 Å². The molecule has 0 spiro atoms. The molecule has 1 fully saturated rings. The summed E-state index contributed by atoms with van der Waals surface area (Å²) >= 11 is 0. The number of benzene rings is 3. The fourth-order valence-electron chi connectivity index (χ4n) is 5.69. The van der Waals surface area contributed by atoms with Crippen LogP contribution >= 0.6 is 12.4 Å². The van der Waals surface area contributed by atoms with Crippen LogP contribution in [0.25, 0.3) is 10.8 Å². The smallest absolute Gasteiger partial charge is 0.261 e. The fourth-order valence-corrected chi connectivity index (χ4v) is 5.69. The zero-order chi connectivity index (χ0) is 26.1. The van der Waals surface area contributed by atoms with E-state index in [9.17, 15) is 14.7 Å². The van der Waals surface area contributed by atoms with Gasteiger partial charge >= 0.3 is 0 Å². The van der Waals surface area contributed by atoms with E-state index in [1.807, 2.05) is 60.7 Å². The van der Waals surface area contributed by atoms with E-state index in [4.69, 9.17) is 14.2 Å². The first-order valence-corrected chi connectivity index (χ1v) is 13.3. The molecule has 0 bridgehead atoms. The van der Waals surface area contributed by atoms with E-state index in [0.29, 0.717) is 43.2 Å². The van der Waals surface area contributed by atoms with Crippen molar-refractivity contribution in [2.45, 2.75) is 25.0 Å². The van der Waals surface area contributed by atoms with Crippen molar-refractivity contribution in [1.29, 1.82) is 0 Å². The van der Waals surface area contributed by atoms with Crippen molar-refractivity contribution in [3.8, 4) is 11.5 Å². The largest absolute Gasteiger partial charge is 0.486 e. The Labute approximate surface area is 233 Å². The molecule has 8 nitrogen and oxygen atoms in total. The molecule has 3 aliphatic heterocycles. The Kier molecular flexibility index (Phi) is 8.37. The number of hydrogen-bond acceptors (Lipinski definition) is 7. The standard InChI is InChI=1S/C30H32N2O6.ClH/c33-22(17-36-18-23-19-37-26-9-1-2-10-27(26)38-23)16-31-13-11-20(12-14-31)15-32-29(34)24-7-3-5-21-6-4-8-25(28(21)24)30(32)35;/h1-10,20,22-23,33H,11-19H2;1H. The summed E-state index contributed by atoms with van der Waals surface area (Å²) in [6.07, 6.45) is 0.921. The Morgan fingerprint density at radius 3 is 2.28 bits per heavy atom. The summed E-state index contributed by atoms with van der Waals surface area (Å²) < 4.78 is 17.3. The number of fused-ring (bicyclic) bond motifs is 1. The van der Waals surface area contributed by atoms with E-state index in [0.717, 1.165) is 42.5 Å². The molecule has 206 valence electrons. The number of aliphatic hydroxyl groups is 1. The molecule has 3 aliphatic rings. The van der Waals surface area contributed by atoms with E-state index in [1.54, 1.807) is 0 Å². The van der Waals surface area contributed by atoms with Crippen LogP contribution in [0.1, 0.15) is 33.6 Å². The monoisotopic (exact) mass is 552 g/mol. The second-order valence-corrected chi connectivity index (χ2v) is 10.4. The lowest BCUT2D eigenvalue weighted by atomic mass is 9.91. The number of likely N-dealkylation sites (tertiary alicyclic amines) is 1. The zero-order valence-corrected chi connectivity index (χ0v) is 22.5. The van der Waals surface area contributed by atoms with Gasteiger partial charge in [-0.05, 0) is 61.5 Å². The van der Waals surface area contributed by atoms with E-state index >= 15 is 0 Å². The lowest BCUT2D eigenvalue weighted by molar-refractivity contribution is -0.0312. The molecule has 0 aliphatic carbocycles. The van der Waals surface area contributed by atoms with Gasteiger partial charge in [-0.15, -0.1) is 12.4 Å². The molecule has 3 aromatic rings. The highest BCUT2D eigenvalue weighted by molar-refractivity contribution is 6.25. The minimum absolute atomic E-state index is 0. The third-order valence-corrected chi connectivity index (χ3v) is 7.65. The number of hydrogen-bond donors (Lipinski definition) is 1. The second-order valence-electron chi connectivity index (χ2n) is 10.4. The van der Waals surface area contributed by atoms with Crippen LogP contribution in [0, 0.1) is 5.92 Å². The first-order chi connectivity index (χ1) is 18.6. The molecule has 0 radical (unpaired) electrons. The van der Waals surface area contributed by atoms with E-state index in [1.165, 1.54) is 4.90 Å². The summed E-state index contributed by atoms with van der Waals surface area (Å²) in [5.74, 6) is 1.28. The van der Waals surface area contributed by atoms with Crippen LogP contribution in [0.3, 0.4) is 0 Å².